The van der Waals surface area contributed by atoms with Gasteiger partial charge in [0.05, 0.1) is 22.2 Å². The van der Waals surface area contributed by atoms with Crippen LogP contribution >= 0.6 is 0 Å². The standard InChI is InChI=1S/C45H31N3/c1-45(2)38-25-30-16-7-6-15-29(30)24-35(38)36-26-37-33-19-9-11-22-41(33)48(42(37)27-39(36)45)32-18-12-17-31(23-32)44-46-40-21-10-8-20-34(40)43(47-44)28-13-4-3-5-14-28/h3-27H,1-2H3. The molecule has 0 atom stereocenters. The lowest BCUT2D eigenvalue weighted by molar-refractivity contribution is 0.662. The summed E-state index contributed by atoms with van der Waals surface area (Å²) in [6.07, 6.45) is 0. The van der Waals surface area contributed by atoms with Crippen molar-refractivity contribution in [3.05, 3.63) is 163 Å². The fraction of sp³-hybridized carbons (Fsp3) is 0.0667. The second kappa shape index (κ2) is 9.97. The molecule has 0 N–H and O–H groups in total. The molecule has 0 bridgehead atoms. The van der Waals surface area contributed by atoms with Gasteiger partial charge in [-0.25, -0.2) is 9.97 Å². The molecule has 0 saturated carbocycles. The van der Waals surface area contributed by atoms with Crippen molar-refractivity contribution in [2.45, 2.75) is 19.3 Å². The minimum Gasteiger partial charge on any atom is -0.309 e. The normalized spacial score (nSPS) is 13.4. The third kappa shape index (κ3) is 3.88. The molecule has 9 aromatic rings. The summed E-state index contributed by atoms with van der Waals surface area (Å²) >= 11 is 0. The summed E-state index contributed by atoms with van der Waals surface area (Å²) in [5.41, 5.74) is 12.8. The molecule has 3 nitrogen and oxygen atoms in total. The van der Waals surface area contributed by atoms with Gasteiger partial charge in [-0.05, 0) is 81.6 Å². The quantitative estimate of drug-likeness (QED) is 0.198. The van der Waals surface area contributed by atoms with E-state index in [1.54, 1.807) is 0 Å². The molecule has 0 aliphatic heterocycles. The second-order valence-corrected chi connectivity index (χ2v) is 13.5. The van der Waals surface area contributed by atoms with E-state index in [0.29, 0.717) is 0 Å². The molecule has 2 aromatic heterocycles. The molecule has 48 heavy (non-hydrogen) atoms. The Morgan fingerprint density at radius 1 is 0.479 bits per heavy atom. The highest BCUT2D eigenvalue weighted by atomic mass is 15.0. The van der Waals surface area contributed by atoms with Gasteiger partial charge < -0.3 is 4.57 Å². The lowest BCUT2D eigenvalue weighted by atomic mass is 9.81. The van der Waals surface area contributed by atoms with Crippen LogP contribution in [-0.2, 0) is 5.41 Å². The Morgan fingerprint density at radius 3 is 2.00 bits per heavy atom. The van der Waals surface area contributed by atoms with Gasteiger partial charge in [0.15, 0.2) is 5.82 Å². The molecular formula is C45H31N3. The van der Waals surface area contributed by atoms with Crippen molar-refractivity contribution < 1.29 is 0 Å². The highest BCUT2D eigenvalue weighted by Crippen LogP contribution is 2.52. The Bertz CT molecular complexity index is 2750. The SMILES string of the molecule is CC1(C)c2cc3ccccc3cc2-c2cc3c4ccccc4n(-c4cccc(-c5nc(-c6ccccc6)c6ccccc6n5)c4)c3cc21. The summed E-state index contributed by atoms with van der Waals surface area (Å²) in [5.74, 6) is 0.722. The van der Waals surface area contributed by atoms with Crippen LogP contribution in [0.15, 0.2) is 152 Å². The van der Waals surface area contributed by atoms with E-state index >= 15 is 0 Å². The number of fused-ring (bicyclic) bond motifs is 8. The average molecular weight is 614 g/mol. The smallest absolute Gasteiger partial charge is 0.160 e. The Kier molecular flexibility index (Phi) is 5.63. The van der Waals surface area contributed by atoms with Crippen molar-refractivity contribution in [1.82, 2.24) is 14.5 Å². The summed E-state index contributed by atoms with van der Waals surface area (Å²) in [6.45, 7) is 4.74. The second-order valence-electron chi connectivity index (χ2n) is 13.5. The molecule has 0 saturated heterocycles. The van der Waals surface area contributed by atoms with E-state index in [9.17, 15) is 0 Å². The van der Waals surface area contributed by atoms with Gasteiger partial charge in [0.1, 0.15) is 0 Å². The van der Waals surface area contributed by atoms with Gasteiger partial charge in [-0.3, -0.25) is 0 Å². The van der Waals surface area contributed by atoms with E-state index in [1.807, 2.05) is 12.1 Å². The van der Waals surface area contributed by atoms with Gasteiger partial charge in [0.25, 0.3) is 0 Å². The third-order valence-electron chi connectivity index (χ3n) is 10.3. The first kappa shape index (κ1) is 27.1. The lowest BCUT2D eigenvalue weighted by Crippen LogP contribution is -2.15. The van der Waals surface area contributed by atoms with E-state index in [0.717, 1.165) is 39.2 Å². The van der Waals surface area contributed by atoms with E-state index in [-0.39, 0.29) is 5.41 Å². The van der Waals surface area contributed by atoms with E-state index in [2.05, 4.69) is 158 Å². The molecule has 0 spiro atoms. The number of nitrogens with zero attached hydrogens (tertiary/aromatic N) is 3. The fourth-order valence-electron chi connectivity index (χ4n) is 7.96. The van der Waals surface area contributed by atoms with E-state index in [4.69, 9.17) is 9.97 Å². The number of benzene rings is 7. The maximum Gasteiger partial charge on any atom is 0.160 e. The number of rotatable bonds is 3. The topological polar surface area (TPSA) is 30.7 Å². The molecule has 0 amide bonds. The molecule has 2 heterocycles. The first-order chi connectivity index (χ1) is 23.5. The lowest BCUT2D eigenvalue weighted by Gasteiger charge is -2.22. The Hall–Kier alpha value is -6.06. The van der Waals surface area contributed by atoms with Crippen LogP contribution in [0, 0.1) is 0 Å². The zero-order valence-corrected chi connectivity index (χ0v) is 26.8. The highest BCUT2D eigenvalue weighted by Gasteiger charge is 2.36. The van der Waals surface area contributed by atoms with Gasteiger partial charge >= 0.3 is 0 Å². The summed E-state index contributed by atoms with van der Waals surface area (Å²) < 4.78 is 2.42. The number of hydrogen-bond acceptors (Lipinski definition) is 2. The molecule has 7 aromatic carbocycles. The van der Waals surface area contributed by atoms with E-state index in [1.165, 1.54) is 54.8 Å². The molecule has 0 unspecified atom stereocenters. The molecule has 226 valence electrons. The molecular weight excluding hydrogens is 583 g/mol. The summed E-state index contributed by atoms with van der Waals surface area (Å²) in [7, 11) is 0. The summed E-state index contributed by atoms with van der Waals surface area (Å²) in [4.78, 5) is 10.3. The molecule has 10 rings (SSSR count). The number of para-hydroxylation sites is 2. The number of aromatic nitrogens is 3. The predicted octanol–water partition coefficient (Wildman–Crippen LogP) is 11.5. The van der Waals surface area contributed by atoms with Gasteiger partial charge in [-0.1, -0.05) is 117 Å². The van der Waals surface area contributed by atoms with Crippen LogP contribution < -0.4 is 0 Å². The Morgan fingerprint density at radius 2 is 1.15 bits per heavy atom. The van der Waals surface area contributed by atoms with Crippen molar-refractivity contribution in [2.24, 2.45) is 0 Å². The maximum absolute atomic E-state index is 5.18. The molecule has 0 radical (unpaired) electrons. The fourth-order valence-corrected chi connectivity index (χ4v) is 7.96. The molecule has 1 aliphatic rings. The van der Waals surface area contributed by atoms with Crippen LogP contribution in [0.4, 0.5) is 0 Å². The van der Waals surface area contributed by atoms with Crippen LogP contribution in [0.3, 0.4) is 0 Å². The van der Waals surface area contributed by atoms with Crippen LogP contribution in [0.5, 0.6) is 0 Å². The van der Waals surface area contributed by atoms with Gasteiger partial charge in [0, 0.05) is 38.4 Å². The first-order valence-corrected chi connectivity index (χ1v) is 16.6. The Labute approximate surface area is 278 Å². The zero-order valence-electron chi connectivity index (χ0n) is 26.8. The first-order valence-electron chi connectivity index (χ1n) is 16.6. The van der Waals surface area contributed by atoms with Crippen LogP contribution in [0.2, 0.25) is 0 Å². The van der Waals surface area contributed by atoms with Gasteiger partial charge in [-0.15, -0.1) is 0 Å². The summed E-state index contributed by atoms with van der Waals surface area (Å²) in [6, 6.07) is 54.5. The van der Waals surface area contributed by atoms with Crippen molar-refractivity contribution in [3.8, 4) is 39.5 Å². The van der Waals surface area contributed by atoms with Gasteiger partial charge in [-0.2, -0.15) is 0 Å². The van der Waals surface area contributed by atoms with Crippen LogP contribution in [0.1, 0.15) is 25.0 Å². The van der Waals surface area contributed by atoms with Crippen molar-refractivity contribution in [1.29, 1.82) is 0 Å². The molecule has 3 heteroatoms. The van der Waals surface area contributed by atoms with E-state index < -0.39 is 0 Å². The highest BCUT2D eigenvalue weighted by molar-refractivity contribution is 6.12. The van der Waals surface area contributed by atoms with Gasteiger partial charge in [0.2, 0.25) is 0 Å². The van der Waals surface area contributed by atoms with Crippen molar-refractivity contribution in [2.75, 3.05) is 0 Å². The van der Waals surface area contributed by atoms with Crippen molar-refractivity contribution in [3.63, 3.8) is 0 Å². The third-order valence-corrected chi connectivity index (χ3v) is 10.3. The maximum atomic E-state index is 5.18. The predicted molar refractivity (Wildman–Crippen MR) is 200 cm³/mol. The van der Waals surface area contributed by atoms with Crippen LogP contribution in [-0.4, -0.2) is 14.5 Å². The number of hydrogen-bond donors (Lipinski definition) is 0. The minimum atomic E-state index is -0.126. The molecule has 0 fully saturated rings. The largest absolute Gasteiger partial charge is 0.309 e. The average Bonchev–Trinajstić information content (AvgIpc) is 3.57. The summed E-state index contributed by atoms with van der Waals surface area (Å²) in [5, 5.41) is 6.14. The van der Waals surface area contributed by atoms with Crippen molar-refractivity contribution >= 4 is 43.5 Å². The Balaban J connectivity index is 1.20. The monoisotopic (exact) mass is 613 g/mol. The minimum absolute atomic E-state index is 0.126. The zero-order chi connectivity index (χ0) is 32.0. The van der Waals surface area contributed by atoms with Crippen LogP contribution in [0.25, 0.3) is 82.9 Å². The molecule has 1 aliphatic carbocycles.